The second-order valence-electron chi connectivity index (χ2n) is 15.7. The number of rotatable bonds is 17. The average molecular weight is 887 g/mol. The molecule has 3 aromatic carbocycles. The first-order valence-electron chi connectivity index (χ1n) is 19.5. The predicted molar refractivity (Wildman–Crippen MR) is 219 cm³/mol. The highest BCUT2D eigenvalue weighted by molar-refractivity contribution is 14.1. The topological polar surface area (TPSA) is 108 Å². The number of hydrogen-bond acceptors (Lipinski definition) is 4. The summed E-state index contributed by atoms with van der Waals surface area (Å²) in [6, 6.07) is 19.1. The van der Waals surface area contributed by atoms with Crippen LogP contribution in [0.5, 0.6) is 0 Å². The van der Waals surface area contributed by atoms with Gasteiger partial charge in [0.15, 0.2) is 0 Å². The zero-order valence-corrected chi connectivity index (χ0v) is 33.9. The van der Waals surface area contributed by atoms with E-state index in [4.69, 9.17) is 11.6 Å². The van der Waals surface area contributed by atoms with Crippen LogP contribution in [0.3, 0.4) is 0 Å². The van der Waals surface area contributed by atoms with E-state index in [1.165, 1.54) is 31.4 Å². The number of nitrogens with one attached hydrogen (secondary N) is 3. The van der Waals surface area contributed by atoms with Crippen LogP contribution < -0.4 is 16.0 Å². The molecule has 0 spiro atoms. The number of carbonyl (C=O) groups excluding carboxylic acids is 4. The molecule has 3 N–H and O–H groups in total. The maximum absolute atomic E-state index is 15.1. The summed E-state index contributed by atoms with van der Waals surface area (Å²) in [5.41, 5.74) is 1.10. The minimum Gasteiger partial charge on any atom is -0.356 e. The molecule has 4 amide bonds. The lowest BCUT2D eigenvalue weighted by Crippen LogP contribution is -2.50. The number of anilines is 1. The lowest BCUT2D eigenvalue weighted by molar-refractivity contribution is -0.148. The number of hydrogen-bond donors (Lipinski definition) is 3. The first-order valence-corrected chi connectivity index (χ1v) is 21.1. The summed E-state index contributed by atoms with van der Waals surface area (Å²) in [6.45, 7) is 2.11. The number of likely N-dealkylation sites (tertiary alicyclic amines) is 1. The van der Waals surface area contributed by atoms with E-state index in [2.05, 4.69) is 38.5 Å². The molecule has 2 saturated carbocycles. The monoisotopic (exact) mass is 886 g/mol. The number of alkyl halides is 3. The van der Waals surface area contributed by atoms with Gasteiger partial charge in [0.25, 0.3) is 5.91 Å². The molecule has 2 aliphatic carbocycles. The third-order valence-electron chi connectivity index (χ3n) is 11.5. The highest BCUT2D eigenvalue weighted by atomic mass is 127. The van der Waals surface area contributed by atoms with Gasteiger partial charge in [-0.15, -0.1) is 0 Å². The van der Waals surface area contributed by atoms with Gasteiger partial charge in [0.2, 0.25) is 17.7 Å². The molecule has 4 atom stereocenters. The number of amides is 4. The molecule has 55 heavy (non-hydrogen) atoms. The molecule has 0 bridgehead atoms. The summed E-state index contributed by atoms with van der Waals surface area (Å²) in [7, 11) is 0. The second kappa shape index (κ2) is 18.6. The molecule has 8 nitrogen and oxygen atoms in total. The van der Waals surface area contributed by atoms with Gasteiger partial charge < -0.3 is 20.9 Å². The highest BCUT2D eigenvalue weighted by Gasteiger charge is 2.43. The van der Waals surface area contributed by atoms with E-state index in [1.54, 1.807) is 42.5 Å². The van der Waals surface area contributed by atoms with Crippen molar-refractivity contribution in [3.63, 3.8) is 0 Å². The zero-order valence-electron chi connectivity index (χ0n) is 31.0. The van der Waals surface area contributed by atoms with E-state index in [9.17, 15) is 19.2 Å². The average Bonchev–Trinajstić information content (AvgIpc) is 3.48. The maximum Gasteiger partial charge on any atom is 0.349 e. The molecule has 1 saturated heterocycles. The van der Waals surface area contributed by atoms with Crippen LogP contribution in [0, 0.1) is 17.3 Å². The van der Waals surface area contributed by atoms with Crippen LogP contribution in [0.15, 0.2) is 78.9 Å². The van der Waals surface area contributed by atoms with Crippen LogP contribution in [0.25, 0.3) is 0 Å². The normalized spacial score (nSPS) is 20.8. The number of halogens is 4. The zero-order chi connectivity index (χ0) is 39.0. The van der Waals surface area contributed by atoms with Gasteiger partial charge in [0.1, 0.15) is 6.04 Å². The van der Waals surface area contributed by atoms with Crippen LogP contribution in [0.2, 0.25) is 5.02 Å². The van der Waals surface area contributed by atoms with Gasteiger partial charge >= 0.3 is 5.92 Å². The van der Waals surface area contributed by atoms with Gasteiger partial charge in [0.05, 0.1) is 0 Å². The van der Waals surface area contributed by atoms with E-state index in [-0.39, 0.29) is 23.7 Å². The van der Waals surface area contributed by atoms with E-state index in [1.807, 2.05) is 17.0 Å². The van der Waals surface area contributed by atoms with Crippen LogP contribution in [-0.2, 0) is 37.9 Å². The molecule has 3 aromatic rings. The predicted octanol–water partition coefficient (Wildman–Crippen LogP) is 8.25. The number of nitrogens with zero attached hydrogens (tertiary/aromatic N) is 1. The Morgan fingerprint density at radius 3 is 2.31 bits per heavy atom. The molecular formula is C43H50ClF2IN4O4. The van der Waals surface area contributed by atoms with E-state index in [0.717, 1.165) is 72.7 Å². The molecule has 1 heterocycles. The third-order valence-corrected chi connectivity index (χ3v) is 13.4. The van der Waals surface area contributed by atoms with Crippen molar-refractivity contribution in [3.8, 4) is 0 Å². The SMILES string of the molecule is O=C(CC1(CC(=O)N2CCC(CCC3CC3I)C2)CCCC1)NCCc1ccc(NC(=O)[C@H](Cc2ccccc2Cl)NC(=O)C(F)(F)c2ccccc2)cc1. The minimum absolute atomic E-state index is 0.0416. The summed E-state index contributed by atoms with van der Waals surface area (Å²) in [5, 5.41) is 8.38. The Morgan fingerprint density at radius 2 is 1.62 bits per heavy atom. The summed E-state index contributed by atoms with van der Waals surface area (Å²) >= 11 is 8.86. The largest absolute Gasteiger partial charge is 0.356 e. The van der Waals surface area contributed by atoms with Gasteiger partial charge in [-0.1, -0.05) is 108 Å². The molecule has 12 heteroatoms. The van der Waals surface area contributed by atoms with Crippen LogP contribution in [0.4, 0.5) is 14.5 Å². The molecule has 3 aliphatic rings. The smallest absolute Gasteiger partial charge is 0.349 e. The van der Waals surface area contributed by atoms with Crippen molar-refractivity contribution in [1.82, 2.24) is 15.5 Å². The summed E-state index contributed by atoms with van der Waals surface area (Å²) in [6.07, 6.45) is 10.0. The van der Waals surface area contributed by atoms with E-state index >= 15 is 8.78 Å². The first-order chi connectivity index (χ1) is 26.4. The third kappa shape index (κ3) is 11.3. The number of benzene rings is 3. The van der Waals surface area contributed by atoms with Crippen molar-refractivity contribution < 1.29 is 28.0 Å². The first kappa shape index (κ1) is 41.1. The van der Waals surface area contributed by atoms with Crippen molar-refractivity contribution in [1.29, 1.82) is 0 Å². The summed E-state index contributed by atoms with van der Waals surface area (Å²) in [4.78, 5) is 54.9. The van der Waals surface area contributed by atoms with Gasteiger partial charge in [0, 0.05) is 59.1 Å². The second-order valence-corrected chi connectivity index (χ2v) is 17.7. The molecule has 1 aliphatic heterocycles. The van der Waals surface area contributed by atoms with E-state index < -0.39 is 29.3 Å². The Kier molecular flexibility index (Phi) is 13.9. The lowest BCUT2D eigenvalue weighted by atomic mass is 9.78. The Hall–Kier alpha value is -3.58. The van der Waals surface area contributed by atoms with E-state index in [0.29, 0.717) is 48.0 Å². The van der Waals surface area contributed by atoms with Crippen LogP contribution in [-0.4, -0.2) is 58.1 Å². The molecule has 6 rings (SSSR count). The Balaban J connectivity index is 0.981. The molecular weight excluding hydrogens is 837 g/mol. The summed E-state index contributed by atoms with van der Waals surface area (Å²) < 4.78 is 31.0. The molecule has 0 radical (unpaired) electrons. The standard InChI is InChI=1S/C43H50ClF2IN4O4/c44-35-11-5-4-8-31(35)25-37(50-41(55)43(45,46)33-9-2-1-3-10-33)40(54)49-34-16-13-29(14-17-34)18-22-48-38(52)26-42(20-6-7-21-42)27-39(53)51-23-19-30(28-51)12-15-32-24-36(32)47/h1-5,8-11,13-14,16-17,30,32,36-37H,6-7,12,15,18-28H2,(H,48,52)(H,49,54)(H,50,55)/t30?,32?,36?,37-/m0/s1. The summed E-state index contributed by atoms with van der Waals surface area (Å²) in [5.74, 6) is -4.50. The fourth-order valence-electron chi connectivity index (χ4n) is 8.08. The Bertz CT molecular complexity index is 1810. The number of carbonyl (C=O) groups is 4. The Labute approximate surface area is 341 Å². The van der Waals surface area contributed by atoms with Gasteiger partial charge in [-0.3, -0.25) is 19.2 Å². The quantitative estimate of drug-likeness (QED) is 0.0938. The Morgan fingerprint density at radius 1 is 0.927 bits per heavy atom. The van der Waals surface area contributed by atoms with Crippen molar-refractivity contribution in [2.24, 2.45) is 17.3 Å². The molecule has 3 fully saturated rings. The fraction of sp³-hybridized carbons (Fsp3) is 0.488. The van der Waals surface area contributed by atoms with Crippen LogP contribution >= 0.6 is 34.2 Å². The molecule has 0 aromatic heterocycles. The van der Waals surface area contributed by atoms with Gasteiger partial charge in [-0.05, 0) is 91.5 Å². The van der Waals surface area contributed by atoms with Gasteiger partial charge in [-0.25, -0.2) is 0 Å². The van der Waals surface area contributed by atoms with Crippen molar-refractivity contribution >= 4 is 63.5 Å². The van der Waals surface area contributed by atoms with Crippen LogP contribution in [0.1, 0.15) is 80.9 Å². The molecule has 294 valence electrons. The molecule has 3 unspecified atom stereocenters. The van der Waals surface area contributed by atoms with Crippen molar-refractivity contribution in [3.05, 3.63) is 101 Å². The maximum atomic E-state index is 15.1. The fourth-order valence-corrected chi connectivity index (χ4v) is 9.31. The lowest BCUT2D eigenvalue weighted by Gasteiger charge is -2.30. The van der Waals surface area contributed by atoms with Crippen molar-refractivity contribution in [2.45, 2.75) is 92.9 Å². The highest BCUT2D eigenvalue weighted by Crippen LogP contribution is 2.45. The van der Waals surface area contributed by atoms with Crippen molar-refractivity contribution in [2.75, 3.05) is 25.0 Å². The van der Waals surface area contributed by atoms with Gasteiger partial charge in [-0.2, -0.15) is 8.78 Å². The minimum atomic E-state index is -3.86.